The lowest BCUT2D eigenvalue weighted by Gasteiger charge is -2.07. The number of nitrogens with zero attached hydrogens (tertiary/aromatic N) is 1. The van der Waals surface area contributed by atoms with E-state index in [-0.39, 0.29) is 17.5 Å². The number of fused-ring (bicyclic) bond motifs is 1. The molecule has 0 aliphatic carbocycles. The molecular formula is C23H26N4O5. The normalized spacial score (nSPS) is 10.8. The summed E-state index contributed by atoms with van der Waals surface area (Å²) >= 11 is 0. The summed E-state index contributed by atoms with van der Waals surface area (Å²) in [4.78, 5) is 37.0. The van der Waals surface area contributed by atoms with E-state index in [9.17, 15) is 19.7 Å². The van der Waals surface area contributed by atoms with Crippen molar-refractivity contribution in [3.8, 4) is 0 Å². The van der Waals surface area contributed by atoms with Gasteiger partial charge >= 0.3 is 0 Å². The molecule has 32 heavy (non-hydrogen) atoms. The van der Waals surface area contributed by atoms with E-state index in [0.717, 1.165) is 41.3 Å². The number of non-ortho nitro benzene ring substituents is 1. The van der Waals surface area contributed by atoms with Gasteiger partial charge in [0.05, 0.1) is 4.92 Å². The lowest BCUT2D eigenvalue weighted by molar-refractivity contribution is -0.384. The molecule has 1 aromatic heterocycles. The largest absolute Gasteiger partial charge is 0.361 e. The maximum Gasteiger partial charge on any atom is 0.270 e. The highest BCUT2D eigenvalue weighted by Gasteiger charge is 2.11. The molecule has 0 saturated carbocycles. The number of hydrogen-bond donors (Lipinski definition) is 4. The number of nitrogens with one attached hydrogen (secondary N) is 3. The Bertz CT molecular complexity index is 1090. The molecule has 2 aromatic carbocycles. The van der Waals surface area contributed by atoms with Gasteiger partial charge in [-0.1, -0.05) is 25.0 Å². The highest BCUT2D eigenvalue weighted by Crippen LogP contribution is 2.25. The molecule has 2 amide bonds. The third kappa shape index (κ3) is 6.14. The fraction of sp³-hybridized carbons (Fsp3) is 0.304. The van der Waals surface area contributed by atoms with E-state index >= 15 is 0 Å². The van der Waals surface area contributed by atoms with Crippen LogP contribution in [-0.4, -0.2) is 33.5 Å². The Hall–Kier alpha value is -3.72. The van der Waals surface area contributed by atoms with Gasteiger partial charge in [-0.3, -0.25) is 24.9 Å². The van der Waals surface area contributed by atoms with Crippen LogP contribution in [0.4, 0.5) is 5.69 Å². The smallest absolute Gasteiger partial charge is 0.270 e. The third-order valence-electron chi connectivity index (χ3n) is 5.31. The van der Waals surface area contributed by atoms with Gasteiger partial charge in [-0.2, -0.15) is 0 Å². The van der Waals surface area contributed by atoms with Crippen LogP contribution in [0.2, 0.25) is 0 Å². The van der Waals surface area contributed by atoms with E-state index in [1.807, 2.05) is 18.3 Å². The number of unbranched alkanes of at least 4 members (excludes halogenated alkanes) is 3. The van der Waals surface area contributed by atoms with Crippen molar-refractivity contribution in [2.24, 2.45) is 0 Å². The molecule has 0 unspecified atom stereocenters. The van der Waals surface area contributed by atoms with Crippen LogP contribution in [0, 0.1) is 10.1 Å². The number of nitro groups is 1. The van der Waals surface area contributed by atoms with Crippen LogP contribution in [0.25, 0.3) is 10.9 Å². The Morgan fingerprint density at radius 1 is 1.03 bits per heavy atom. The van der Waals surface area contributed by atoms with E-state index in [1.54, 1.807) is 29.7 Å². The van der Waals surface area contributed by atoms with Gasteiger partial charge in [0.25, 0.3) is 11.6 Å². The summed E-state index contributed by atoms with van der Waals surface area (Å²) in [5, 5.41) is 23.2. The van der Waals surface area contributed by atoms with Gasteiger partial charge in [-0.25, -0.2) is 5.48 Å². The van der Waals surface area contributed by atoms with Crippen molar-refractivity contribution in [1.29, 1.82) is 0 Å². The molecule has 0 bridgehead atoms. The number of nitro benzene ring substituents is 1. The van der Waals surface area contributed by atoms with Crippen molar-refractivity contribution in [2.45, 2.75) is 38.5 Å². The summed E-state index contributed by atoms with van der Waals surface area (Å²) in [6.07, 6.45) is 6.01. The quantitative estimate of drug-likeness (QED) is 0.156. The number of aromatic amines is 1. The van der Waals surface area contributed by atoms with Crippen LogP contribution in [0.5, 0.6) is 0 Å². The van der Waals surface area contributed by atoms with Gasteiger partial charge in [0.2, 0.25) is 5.91 Å². The second-order valence-electron chi connectivity index (χ2n) is 7.63. The minimum Gasteiger partial charge on any atom is -0.361 e. The number of H-pyrrole nitrogens is 1. The van der Waals surface area contributed by atoms with E-state index in [1.165, 1.54) is 6.07 Å². The number of hydrogen-bond acceptors (Lipinski definition) is 5. The summed E-state index contributed by atoms with van der Waals surface area (Å²) in [7, 11) is 0. The predicted molar refractivity (Wildman–Crippen MR) is 120 cm³/mol. The zero-order valence-corrected chi connectivity index (χ0v) is 17.6. The number of benzene rings is 2. The molecule has 0 saturated heterocycles. The summed E-state index contributed by atoms with van der Waals surface area (Å²) < 4.78 is 0. The van der Waals surface area contributed by atoms with Crippen molar-refractivity contribution in [3.05, 3.63) is 75.5 Å². The number of carbonyl (C=O) groups excluding carboxylic acids is 2. The average molecular weight is 438 g/mol. The molecule has 1 heterocycles. The average Bonchev–Trinajstić information content (AvgIpc) is 3.20. The molecule has 9 nitrogen and oxygen atoms in total. The molecule has 0 aliphatic rings. The molecule has 0 aliphatic heterocycles. The Labute approximate surface area is 184 Å². The lowest BCUT2D eigenvalue weighted by atomic mass is 10.0. The van der Waals surface area contributed by atoms with Gasteiger partial charge < -0.3 is 10.3 Å². The second-order valence-corrected chi connectivity index (χ2v) is 7.63. The topological polar surface area (TPSA) is 137 Å². The van der Waals surface area contributed by atoms with Gasteiger partial charge in [-0.15, -0.1) is 0 Å². The zero-order valence-electron chi connectivity index (χ0n) is 17.6. The maximum absolute atomic E-state index is 12.3. The SMILES string of the molecule is O=C(CCCCCCNC(=O)c1ccc(Cc2c[nH]c3ccc([N+](=O)[O-])cc23)cc1)NO. The molecule has 4 N–H and O–H groups in total. The van der Waals surface area contributed by atoms with Gasteiger partial charge in [0.1, 0.15) is 0 Å². The van der Waals surface area contributed by atoms with Gasteiger partial charge in [-0.05, 0) is 48.6 Å². The van der Waals surface area contributed by atoms with E-state index in [2.05, 4.69) is 10.3 Å². The first-order valence-corrected chi connectivity index (χ1v) is 10.5. The lowest BCUT2D eigenvalue weighted by Crippen LogP contribution is -2.24. The molecule has 3 aromatic rings. The summed E-state index contributed by atoms with van der Waals surface area (Å²) in [5.41, 5.74) is 5.04. The fourth-order valence-corrected chi connectivity index (χ4v) is 3.54. The highest BCUT2D eigenvalue weighted by atomic mass is 16.6. The number of hydroxylamine groups is 1. The van der Waals surface area contributed by atoms with Crippen LogP contribution < -0.4 is 10.8 Å². The molecule has 9 heteroatoms. The number of aromatic nitrogens is 1. The van der Waals surface area contributed by atoms with E-state index in [4.69, 9.17) is 5.21 Å². The minimum atomic E-state index is -0.403. The molecule has 3 rings (SSSR count). The standard InChI is InChI=1S/C23H26N4O5/c28-22(26-30)5-3-1-2-4-12-24-23(29)17-8-6-16(7-9-17)13-18-15-25-21-11-10-19(27(31)32)14-20(18)21/h6-11,14-15,25,30H,1-5,12-13H2,(H,24,29)(H,26,28). The molecule has 168 valence electrons. The molecule has 0 spiro atoms. The minimum absolute atomic E-state index is 0.0565. The molecule has 0 radical (unpaired) electrons. The van der Waals surface area contributed by atoms with E-state index < -0.39 is 4.92 Å². The molecule has 0 fully saturated rings. The number of rotatable bonds is 11. The van der Waals surface area contributed by atoms with Gasteiger partial charge in [0.15, 0.2) is 0 Å². The first-order valence-electron chi connectivity index (χ1n) is 10.5. The Balaban J connectivity index is 1.48. The predicted octanol–water partition coefficient (Wildman–Crippen LogP) is 3.85. The second kappa shape index (κ2) is 11.1. The van der Waals surface area contributed by atoms with Crippen LogP contribution in [-0.2, 0) is 11.2 Å². The number of carbonyl (C=O) groups is 2. The van der Waals surface area contributed by atoms with Crippen LogP contribution in [0.15, 0.2) is 48.7 Å². The van der Waals surface area contributed by atoms with Crippen LogP contribution in [0.1, 0.15) is 53.6 Å². The Morgan fingerprint density at radius 3 is 2.50 bits per heavy atom. The molecular weight excluding hydrogens is 412 g/mol. The van der Waals surface area contributed by atoms with Gasteiger partial charge in [0, 0.05) is 47.8 Å². The van der Waals surface area contributed by atoms with Crippen molar-refractivity contribution < 1.29 is 19.7 Å². The van der Waals surface area contributed by atoms with Crippen LogP contribution in [0.3, 0.4) is 0 Å². The van der Waals surface area contributed by atoms with E-state index in [0.29, 0.717) is 31.4 Å². The van der Waals surface area contributed by atoms with Crippen molar-refractivity contribution in [1.82, 2.24) is 15.8 Å². The zero-order chi connectivity index (χ0) is 22.9. The number of amides is 2. The maximum atomic E-state index is 12.3. The Morgan fingerprint density at radius 2 is 1.78 bits per heavy atom. The first-order chi connectivity index (χ1) is 15.5. The first kappa shape index (κ1) is 23.0. The fourth-order valence-electron chi connectivity index (χ4n) is 3.54. The van der Waals surface area contributed by atoms with Crippen molar-refractivity contribution >= 4 is 28.4 Å². The summed E-state index contributed by atoms with van der Waals surface area (Å²) in [6.45, 7) is 0.556. The van der Waals surface area contributed by atoms with Crippen LogP contribution >= 0.6 is 0 Å². The summed E-state index contributed by atoms with van der Waals surface area (Å²) in [6, 6.07) is 12.1. The monoisotopic (exact) mass is 438 g/mol. The summed E-state index contributed by atoms with van der Waals surface area (Å²) in [5.74, 6) is -0.522. The van der Waals surface area contributed by atoms with Crippen molar-refractivity contribution in [2.75, 3.05) is 6.54 Å². The molecule has 0 atom stereocenters. The Kier molecular flexibility index (Phi) is 7.93. The van der Waals surface area contributed by atoms with Crippen molar-refractivity contribution in [3.63, 3.8) is 0 Å². The highest BCUT2D eigenvalue weighted by molar-refractivity contribution is 5.94. The third-order valence-corrected chi connectivity index (χ3v) is 5.31.